The number of phenols is 1. The highest BCUT2D eigenvalue weighted by atomic mass is 19.1. The van der Waals surface area contributed by atoms with Crippen molar-refractivity contribution in [1.82, 2.24) is 24.8 Å². The molecule has 10 nitrogen and oxygen atoms in total. The van der Waals surface area contributed by atoms with Gasteiger partial charge in [-0.2, -0.15) is 0 Å². The molecule has 12 heteroatoms. The smallest absolute Gasteiger partial charge is 0.265 e. The summed E-state index contributed by atoms with van der Waals surface area (Å²) in [6.45, 7) is 6.66. The number of hydrogen-bond donors (Lipinski definition) is 2. The van der Waals surface area contributed by atoms with Gasteiger partial charge in [0.05, 0.1) is 42.9 Å². The monoisotopic (exact) mass is 678 g/mol. The number of fused-ring (bicyclic) bond motifs is 2. The molecule has 0 unspecified atom stereocenters. The van der Waals surface area contributed by atoms with Crippen LogP contribution in [0.4, 0.5) is 14.5 Å². The van der Waals surface area contributed by atoms with Crippen LogP contribution >= 0.6 is 0 Å². The Kier molecular flexibility index (Phi) is 7.74. The van der Waals surface area contributed by atoms with E-state index in [-0.39, 0.29) is 47.4 Å². The number of nitrogens with one attached hydrogen (secondary N) is 1. The van der Waals surface area contributed by atoms with Crippen LogP contribution in [0.2, 0.25) is 0 Å². The number of rotatable bonds is 7. The van der Waals surface area contributed by atoms with Crippen LogP contribution in [0.1, 0.15) is 40.2 Å². The average molecular weight is 679 g/mol. The van der Waals surface area contributed by atoms with E-state index < -0.39 is 17.5 Å². The molecule has 2 aromatic carbocycles. The first-order valence-corrected chi connectivity index (χ1v) is 17.2. The largest absolute Gasteiger partial charge is 0.505 e. The molecule has 0 atom stereocenters. The van der Waals surface area contributed by atoms with Crippen molar-refractivity contribution >= 4 is 22.6 Å². The number of pyridine rings is 2. The SMILES string of the molecule is O=C1c2c(F)cc(C3CC3)cc2OCCN1c1cc(F)cc(-c2ccnc3[nH]c(-c4ccc(CN5CCN(C6COC6)CC5)cn4)cc23)c1O. The third kappa shape index (κ3) is 5.66. The minimum absolute atomic E-state index is 0.00398. The summed E-state index contributed by atoms with van der Waals surface area (Å²) >= 11 is 0. The van der Waals surface area contributed by atoms with E-state index in [1.54, 1.807) is 18.3 Å². The van der Waals surface area contributed by atoms with Crippen LogP contribution in [0.25, 0.3) is 33.5 Å². The summed E-state index contributed by atoms with van der Waals surface area (Å²) in [7, 11) is 0. The first kappa shape index (κ1) is 31.1. The zero-order valence-corrected chi connectivity index (χ0v) is 27.4. The molecule has 5 aromatic rings. The number of phenolic OH excluding ortho intramolecular Hbond substituents is 1. The molecule has 3 aliphatic heterocycles. The molecule has 4 aliphatic rings. The van der Waals surface area contributed by atoms with E-state index in [0.717, 1.165) is 87.4 Å². The first-order valence-electron chi connectivity index (χ1n) is 17.2. The van der Waals surface area contributed by atoms with E-state index in [1.807, 2.05) is 18.3 Å². The third-order valence-corrected chi connectivity index (χ3v) is 10.4. The maximum absolute atomic E-state index is 15.4. The van der Waals surface area contributed by atoms with Crippen LogP contribution in [0.15, 0.2) is 60.9 Å². The van der Waals surface area contributed by atoms with E-state index in [4.69, 9.17) is 14.5 Å². The van der Waals surface area contributed by atoms with Gasteiger partial charge in [-0.1, -0.05) is 6.07 Å². The van der Waals surface area contributed by atoms with Crippen LogP contribution in [0.3, 0.4) is 0 Å². The number of aromatic amines is 1. The quantitative estimate of drug-likeness (QED) is 0.226. The molecular weight excluding hydrogens is 642 g/mol. The van der Waals surface area contributed by atoms with Crippen molar-refractivity contribution in [1.29, 1.82) is 0 Å². The Hall–Kier alpha value is -4.91. The summed E-state index contributed by atoms with van der Waals surface area (Å²) in [4.78, 5) is 32.4. The molecule has 0 spiro atoms. The predicted octanol–water partition coefficient (Wildman–Crippen LogP) is 5.71. The minimum atomic E-state index is -0.700. The molecule has 1 saturated carbocycles. The van der Waals surface area contributed by atoms with Crippen molar-refractivity contribution in [3.05, 3.63) is 89.2 Å². The second kappa shape index (κ2) is 12.4. The summed E-state index contributed by atoms with van der Waals surface area (Å²) < 4.78 is 41.9. The molecule has 2 saturated heterocycles. The lowest BCUT2D eigenvalue weighted by Gasteiger charge is -2.42. The van der Waals surface area contributed by atoms with Gasteiger partial charge in [-0.25, -0.2) is 13.8 Å². The number of anilines is 1. The van der Waals surface area contributed by atoms with Crippen LogP contribution in [0, 0.1) is 11.6 Å². The van der Waals surface area contributed by atoms with Crippen LogP contribution in [-0.2, 0) is 11.3 Å². The van der Waals surface area contributed by atoms with E-state index >= 15 is 8.78 Å². The first-order chi connectivity index (χ1) is 24.4. The Bertz CT molecular complexity index is 2110. The predicted molar refractivity (Wildman–Crippen MR) is 183 cm³/mol. The lowest BCUT2D eigenvalue weighted by molar-refractivity contribution is -0.0774. The normalized spacial score (nSPS) is 18.9. The summed E-state index contributed by atoms with van der Waals surface area (Å²) in [6, 6.07) is 13.6. The second-order valence-corrected chi connectivity index (χ2v) is 13.6. The van der Waals surface area contributed by atoms with Crippen LogP contribution < -0.4 is 9.64 Å². The van der Waals surface area contributed by atoms with Crippen LogP contribution in [-0.4, -0.2) is 94.4 Å². The summed E-state index contributed by atoms with van der Waals surface area (Å²) in [5, 5.41) is 12.3. The molecule has 1 aliphatic carbocycles. The molecule has 6 heterocycles. The summed E-state index contributed by atoms with van der Waals surface area (Å²) in [5.41, 5.74) is 4.30. The second-order valence-electron chi connectivity index (χ2n) is 13.6. The lowest BCUT2D eigenvalue weighted by Crippen LogP contribution is -2.56. The van der Waals surface area contributed by atoms with Crippen molar-refractivity contribution in [3.8, 4) is 34.0 Å². The Morgan fingerprint density at radius 1 is 0.940 bits per heavy atom. The highest BCUT2D eigenvalue weighted by Gasteiger charge is 2.34. The summed E-state index contributed by atoms with van der Waals surface area (Å²) in [5.74, 6) is -1.91. The molecule has 3 aromatic heterocycles. The number of carbonyl (C=O) groups excluding carboxylic acids is 1. The number of H-pyrrole nitrogens is 1. The number of ether oxygens (including phenoxy) is 2. The van der Waals surface area contributed by atoms with Gasteiger partial charge in [0, 0.05) is 62.1 Å². The van der Waals surface area contributed by atoms with Crippen molar-refractivity contribution in [3.63, 3.8) is 0 Å². The molecular formula is C38H36F2N6O4. The van der Waals surface area contributed by atoms with Crippen molar-refractivity contribution in [2.45, 2.75) is 31.3 Å². The lowest BCUT2D eigenvalue weighted by atomic mass is 10.00. The molecule has 0 radical (unpaired) electrons. The summed E-state index contributed by atoms with van der Waals surface area (Å²) in [6.07, 6.45) is 5.41. The van der Waals surface area contributed by atoms with Gasteiger partial charge in [0.1, 0.15) is 41.0 Å². The van der Waals surface area contributed by atoms with E-state index in [1.165, 1.54) is 17.0 Å². The fourth-order valence-corrected chi connectivity index (χ4v) is 7.34. The van der Waals surface area contributed by atoms with E-state index in [0.29, 0.717) is 22.6 Å². The Balaban J connectivity index is 0.982. The van der Waals surface area contributed by atoms with E-state index in [9.17, 15) is 9.90 Å². The average Bonchev–Trinajstić information content (AvgIpc) is 3.88. The molecule has 1 amide bonds. The van der Waals surface area contributed by atoms with Crippen molar-refractivity contribution in [2.24, 2.45) is 0 Å². The highest BCUT2D eigenvalue weighted by molar-refractivity contribution is 6.10. The number of aromatic hydroxyl groups is 1. The fraction of sp³-hybridized carbons (Fsp3) is 0.342. The fourth-order valence-electron chi connectivity index (χ4n) is 7.34. The Labute approximate surface area is 287 Å². The van der Waals surface area contributed by atoms with Gasteiger partial charge in [0.15, 0.2) is 0 Å². The minimum Gasteiger partial charge on any atom is -0.505 e. The zero-order chi connectivity index (χ0) is 33.9. The molecule has 256 valence electrons. The van der Waals surface area contributed by atoms with Gasteiger partial charge >= 0.3 is 0 Å². The Morgan fingerprint density at radius 2 is 1.78 bits per heavy atom. The molecule has 50 heavy (non-hydrogen) atoms. The molecule has 3 fully saturated rings. The number of benzene rings is 2. The van der Waals surface area contributed by atoms with Gasteiger partial charge < -0.3 is 24.5 Å². The molecule has 0 bridgehead atoms. The van der Waals surface area contributed by atoms with Gasteiger partial charge in [0.25, 0.3) is 5.91 Å². The van der Waals surface area contributed by atoms with E-state index in [2.05, 4.69) is 25.8 Å². The number of amides is 1. The number of nitrogens with zero attached hydrogens (tertiary/aromatic N) is 5. The highest BCUT2D eigenvalue weighted by Crippen LogP contribution is 2.45. The maximum Gasteiger partial charge on any atom is 0.265 e. The molecule has 2 N–H and O–H groups in total. The van der Waals surface area contributed by atoms with Gasteiger partial charge in [-0.15, -0.1) is 0 Å². The topological polar surface area (TPSA) is 107 Å². The Morgan fingerprint density at radius 3 is 2.52 bits per heavy atom. The number of carbonyl (C=O) groups is 1. The number of hydrogen-bond acceptors (Lipinski definition) is 8. The zero-order valence-electron chi connectivity index (χ0n) is 27.4. The number of halogens is 2. The van der Waals surface area contributed by atoms with Crippen molar-refractivity contribution in [2.75, 3.05) is 57.4 Å². The maximum atomic E-state index is 15.4. The van der Waals surface area contributed by atoms with Crippen molar-refractivity contribution < 1.29 is 28.2 Å². The third-order valence-electron chi connectivity index (χ3n) is 10.4. The van der Waals surface area contributed by atoms with Crippen LogP contribution in [0.5, 0.6) is 11.5 Å². The molecule has 9 rings (SSSR count). The number of piperazine rings is 1. The van der Waals surface area contributed by atoms with Gasteiger partial charge in [-0.05, 0) is 71.8 Å². The standard InChI is InChI=1S/C38H36F2N6O4/c39-25-15-28(36(47)33(16-25)46-11-12-50-34-14-24(23-2-3-23)13-30(40)35(34)38(46)48)27-5-6-41-37-29(27)17-32(43-37)31-4-1-22(18-42-31)19-44-7-9-45(10-8-44)26-20-49-21-26/h1,4-6,13-18,23,26,47H,2-3,7-12,19-21H2,(H,41,43). The number of aromatic nitrogens is 3. The van der Waals surface area contributed by atoms with Gasteiger partial charge in [0.2, 0.25) is 0 Å². The van der Waals surface area contributed by atoms with Gasteiger partial charge in [-0.3, -0.25) is 19.6 Å².